The number of amides is 1. The average Bonchev–Trinajstić information content (AvgIpc) is 2.34. The molecule has 0 aliphatic rings. The summed E-state index contributed by atoms with van der Waals surface area (Å²) in [6, 6.07) is 7.64. The van der Waals surface area contributed by atoms with Crippen LogP contribution in [0.3, 0.4) is 0 Å². The van der Waals surface area contributed by atoms with Crippen LogP contribution in [0.25, 0.3) is 0 Å². The maximum atomic E-state index is 11.9. The molecule has 0 aromatic heterocycles. The van der Waals surface area contributed by atoms with Crippen molar-refractivity contribution in [3.05, 3.63) is 34.9 Å². The number of carbonyl (C=O) groups is 1. The largest absolute Gasteiger partial charge is 0.356 e. The molecule has 0 spiro atoms. The van der Waals surface area contributed by atoms with Crippen LogP contribution in [0.5, 0.6) is 0 Å². The minimum atomic E-state index is 0.0828. The molecule has 0 aliphatic carbocycles. The zero-order chi connectivity index (χ0) is 15.2. The third-order valence-corrected chi connectivity index (χ3v) is 3.31. The quantitative estimate of drug-likeness (QED) is 0.839. The molecule has 0 heterocycles. The molecule has 0 saturated heterocycles. The van der Waals surface area contributed by atoms with Crippen molar-refractivity contribution in [3.8, 4) is 0 Å². The molecule has 0 aliphatic heterocycles. The van der Waals surface area contributed by atoms with Gasteiger partial charge in [0.15, 0.2) is 0 Å². The molecule has 112 valence electrons. The standard InChI is InChI=1S/C16H25ClN2O/c1-16(2,12-19(3)4)11-18-15(20)10-7-13-5-8-14(17)9-6-13/h5-6,8-9H,7,10-12H2,1-4H3,(H,18,20). The molecule has 0 radical (unpaired) electrons. The fourth-order valence-corrected chi connectivity index (χ4v) is 2.37. The molecule has 20 heavy (non-hydrogen) atoms. The predicted molar refractivity (Wildman–Crippen MR) is 85.1 cm³/mol. The molecular formula is C16H25ClN2O. The van der Waals surface area contributed by atoms with Crippen LogP contribution < -0.4 is 5.32 Å². The molecule has 1 aromatic carbocycles. The maximum absolute atomic E-state index is 11.9. The van der Waals surface area contributed by atoms with Gasteiger partial charge in [-0.3, -0.25) is 4.79 Å². The van der Waals surface area contributed by atoms with Crippen molar-refractivity contribution in [2.24, 2.45) is 5.41 Å². The lowest BCUT2D eigenvalue weighted by molar-refractivity contribution is -0.121. The summed E-state index contributed by atoms with van der Waals surface area (Å²) in [6.07, 6.45) is 1.26. The van der Waals surface area contributed by atoms with E-state index in [4.69, 9.17) is 11.6 Å². The van der Waals surface area contributed by atoms with E-state index in [1.807, 2.05) is 38.4 Å². The molecule has 1 amide bonds. The van der Waals surface area contributed by atoms with Crippen molar-refractivity contribution in [1.29, 1.82) is 0 Å². The van der Waals surface area contributed by atoms with Crippen LogP contribution in [-0.4, -0.2) is 38.0 Å². The van der Waals surface area contributed by atoms with Gasteiger partial charge in [0.05, 0.1) is 0 Å². The van der Waals surface area contributed by atoms with E-state index in [1.54, 1.807) is 0 Å². The van der Waals surface area contributed by atoms with Crippen molar-refractivity contribution < 1.29 is 4.79 Å². The Labute approximate surface area is 127 Å². The maximum Gasteiger partial charge on any atom is 0.220 e. The van der Waals surface area contributed by atoms with Crippen LogP contribution in [0.2, 0.25) is 5.02 Å². The first-order valence-electron chi connectivity index (χ1n) is 6.94. The molecule has 0 saturated carbocycles. The second kappa shape index (κ2) is 7.65. The molecule has 3 nitrogen and oxygen atoms in total. The van der Waals surface area contributed by atoms with Gasteiger partial charge in [0, 0.05) is 24.5 Å². The predicted octanol–water partition coefficient (Wildman–Crippen LogP) is 2.98. The molecule has 1 N–H and O–H groups in total. The summed E-state index contributed by atoms with van der Waals surface area (Å²) in [5.41, 5.74) is 1.22. The number of hydrogen-bond acceptors (Lipinski definition) is 2. The van der Waals surface area contributed by atoms with Crippen LogP contribution in [-0.2, 0) is 11.2 Å². The van der Waals surface area contributed by atoms with Gasteiger partial charge < -0.3 is 10.2 Å². The molecular weight excluding hydrogens is 272 g/mol. The second-order valence-electron chi connectivity index (χ2n) is 6.31. The van der Waals surface area contributed by atoms with E-state index >= 15 is 0 Å². The Hall–Kier alpha value is -1.06. The molecule has 0 unspecified atom stereocenters. The highest BCUT2D eigenvalue weighted by atomic mass is 35.5. The lowest BCUT2D eigenvalue weighted by Crippen LogP contribution is -2.40. The molecule has 0 atom stereocenters. The number of rotatable bonds is 7. The van der Waals surface area contributed by atoms with E-state index < -0.39 is 0 Å². The Kier molecular flexibility index (Phi) is 6.50. The zero-order valence-electron chi connectivity index (χ0n) is 12.9. The van der Waals surface area contributed by atoms with E-state index in [9.17, 15) is 4.79 Å². The number of benzene rings is 1. The first-order chi connectivity index (χ1) is 9.28. The van der Waals surface area contributed by atoms with Gasteiger partial charge in [0.2, 0.25) is 5.91 Å². The fourth-order valence-electron chi connectivity index (χ4n) is 2.25. The highest BCUT2D eigenvalue weighted by Gasteiger charge is 2.19. The minimum Gasteiger partial charge on any atom is -0.356 e. The van der Waals surface area contributed by atoms with Gasteiger partial charge in [-0.25, -0.2) is 0 Å². The number of nitrogens with zero attached hydrogens (tertiary/aromatic N) is 1. The van der Waals surface area contributed by atoms with Crippen molar-refractivity contribution in [2.75, 3.05) is 27.2 Å². The zero-order valence-corrected chi connectivity index (χ0v) is 13.6. The Morgan fingerprint density at radius 2 is 1.85 bits per heavy atom. The number of halogens is 1. The number of aryl methyl sites for hydroxylation is 1. The molecule has 0 bridgehead atoms. The van der Waals surface area contributed by atoms with Gasteiger partial charge in [-0.2, -0.15) is 0 Å². The van der Waals surface area contributed by atoms with E-state index in [-0.39, 0.29) is 11.3 Å². The van der Waals surface area contributed by atoms with Gasteiger partial charge in [0.1, 0.15) is 0 Å². The van der Waals surface area contributed by atoms with E-state index in [0.29, 0.717) is 13.0 Å². The third-order valence-electron chi connectivity index (χ3n) is 3.06. The number of hydrogen-bond donors (Lipinski definition) is 1. The first-order valence-corrected chi connectivity index (χ1v) is 7.32. The van der Waals surface area contributed by atoms with Crippen LogP contribution in [0.4, 0.5) is 0 Å². The highest BCUT2D eigenvalue weighted by Crippen LogP contribution is 2.14. The topological polar surface area (TPSA) is 32.3 Å². The molecule has 1 aromatic rings. The smallest absolute Gasteiger partial charge is 0.220 e. The van der Waals surface area contributed by atoms with Crippen LogP contribution in [0.1, 0.15) is 25.8 Å². The molecule has 0 fully saturated rings. The van der Waals surface area contributed by atoms with Gasteiger partial charge in [-0.05, 0) is 43.6 Å². The fraction of sp³-hybridized carbons (Fsp3) is 0.562. The first kappa shape index (κ1) is 17.0. The van der Waals surface area contributed by atoms with E-state index in [2.05, 4.69) is 24.1 Å². The number of carbonyl (C=O) groups excluding carboxylic acids is 1. The second-order valence-corrected chi connectivity index (χ2v) is 6.74. The summed E-state index contributed by atoms with van der Waals surface area (Å²) in [7, 11) is 4.09. The van der Waals surface area contributed by atoms with E-state index in [0.717, 1.165) is 23.6 Å². The molecule has 1 rings (SSSR count). The van der Waals surface area contributed by atoms with Crippen molar-refractivity contribution >= 4 is 17.5 Å². The van der Waals surface area contributed by atoms with Gasteiger partial charge in [0.25, 0.3) is 0 Å². The Bertz CT molecular complexity index is 427. The van der Waals surface area contributed by atoms with Crippen molar-refractivity contribution in [1.82, 2.24) is 10.2 Å². The Balaban J connectivity index is 2.32. The minimum absolute atomic E-state index is 0.0828. The molecule has 4 heteroatoms. The Morgan fingerprint density at radius 1 is 1.25 bits per heavy atom. The highest BCUT2D eigenvalue weighted by molar-refractivity contribution is 6.30. The number of nitrogens with one attached hydrogen (secondary N) is 1. The van der Waals surface area contributed by atoms with Gasteiger partial charge >= 0.3 is 0 Å². The summed E-state index contributed by atoms with van der Waals surface area (Å²) in [4.78, 5) is 14.0. The summed E-state index contributed by atoms with van der Waals surface area (Å²) in [5, 5.41) is 3.74. The van der Waals surface area contributed by atoms with Crippen LogP contribution >= 0.6 is 11.6 Å². The van der Waals surface area contributed by atoms with Crippen LogP contribution in [0.15, 0.2) is 24.3 Å². The van der Waals surface area contributed by atoms with Crippen molar-refractivity contribution in [3.63, 3.8) is 0 Å². The normalized spacial score (nSPS) is 11.7. The lowest BCUT2D eigenvalue weighted by Gasteiger charge is -2.28. The van der Waals surface area contributed by atoms with Crippen LogP contribution in [0, 0.1) is 5.41 Å². The summed E-state index contributed by atoms with van der Waals surface area (Å²) in [6.45, 7) is 5.97. The Morgan fingerprint density at radius 3 is 2.40 bits per heavy atom. The van der Waals surface area contributed by atoms with Gasteiger partial charge in [-0.15, -0.1) is 0 Å². The van der Waals surface area contributed by atoms with E-state index in [1.165, 1.54) is 0 Å². The summed E-state index contributed by atoms with van der Waals surface area (Å²) >= 11 is 5.83. The summed E-state index contributed by atoms with van der Waals surface area (Å²) < 4.78 is 0. The monoisotopic (exact) mass is 296 g/mol. The summed E-state index contributed by atoms with van der Waals surface area (Å²) in [5.74, 6) is 0.104. The lowest BCUT2D eigenvalue weighted by atomic mass is 9.93. The van der Waals surface area contributed by atoms with Crippen molar-refractivity contribution in [2.45, 2.75) is 26.7 Å². The third kappa shape index (κ3) is 6.92. The van der Waals surface area contributed by atoms with Gasteiger partial charge in [-0.1, -0.05) is 37.6 Å². The SMILES string of the molecule is CN(C)CC(C)(C)CNC(=O)CCc1ccc(Cl)cc1. The average molecular weight is 297 g/mol.